The van der Waals surface area contributed by atoms with Crippen LogP contribution in [0.15, 0.2) is 30.6 Å². The molecule has 2 heterocycles. The van der Waals surface area contributed by atoms with Crippen molar-refractivity contribution in [1.82, 2.24) is 20.5 Å². The zero-order chi connectivity index (χ0) is 13.8. The standard InChI is InChI=1S/C12H10Cl2N4O/c1-7(8-2-4-15-5-3-8)16-12(19)9-6-10(13)17-18-11(9)14/h2-7H,1H3,(H,16,19). The van der Waals surface area contributed by atoms with Gasteiger partial charge in [-0.05, 0) is 30.7 Å². The minimum Gasteiger partial charge on any atom is -0.345 e. The number of halogens is 2. The van der Waals surface area contributed by atoms with E-state index >= 15 is 0 Å². The summed E-state index contributed by atoms with van der Waals surface area (Å²) in [6.45, 7) is 1.86. The van der Waals surface area contributed by atoms with E-state index in [9.17, 15) is 4.79 Å². The highest BCUT2D eigenvalue weighted by Gasteiger charge is 2.16. The molecule has 2 aromatic rings. The molecule has 2 rings (SSSR count). The molecular formula is C12H10Cl2N4O. The molecule has 7 heteroatoms. The number of rotatable bonds is 3. The molecule has 2 aromatic heterocycles. The van der Waals surface area contributed by atoms with Gasteiger partial charge in [0.25, 0.3) is 5.91 Å². The normalized spacial score (nSPS) is 11.9. The molecule has 0 fully saturated rings. The maximum absolute atomic E-state index is 12.1. The summed E-state index contributed by atoms with van der Waals surface area (Å²) in [6, 6.07) is 4.85. The van der Waals surface area contributed by atoms with Gasteiger partial charge in [-0.3, -0.25) is 9.78 Å². The fraction of sp³-hybridized carbons (Fsp3) is 0.167. The average Bonchev–Trinajstić information content (AvgIpc) is 2.42. The Hall–Kier alpha value is -1.72. The number of pyridine rings is 1. The highest BCUT2D eigenvalue weighted by molar-refractivity contribution is 6.34. The van der Waals surface area contributed by atoms with E-state index < -0.39 is 0 Å². The number of amides is 1. The van der Waals surface area contributed by atoms with Gasteiger partial charge < -0.3 is 5.32 Å². The fourth-order valence-corrected chi connectivity index (χ4v) is 1.85. The molecule has 98 valence electrons. The van der Waals surface area contributed by atoms with Crippen molar-refractivity contribution in [2.24, 2.45) is 0 Å². The lowest BCUT2D eigenvalue weighted by Gasteiger charge is -2.14. The van der Waals surface area contributed by atoms with Gasteiger partial charge in [0.05, 0.1) is 11.6 Å². The first kappa shape index (κ1) is 13.7. The first-order valence-electron chi connectivity index (χ1n) is 5.47. The Kier molecular flexibility index (Phi) is 4.29. The number of nitrogens with one attached hydrogen (secondary N) is 1. The van der Waals surface area contributed by atoms with E-state index in [1.54, 1.807) is 12.4 Å². The van der Waals surface area contributed by atoms with Gasteiger partial charge in [0.2, 0.25) is 0 Å². The molecular weight excluding hydrogens is 287 g/mol. The van der Waals surface area contributed by atoms with Gasteiger partial charge in [-0.2, -0.15) is 0 Å². The summed E-state index contributed by atoms with van der Waals surface area (Å²) in [5, 5.41) is 10.1. The third-order valence-electron chi connectivity index (χ3n) is 2.52. The van der Waals surface area contributed by atoms with E-state index in [0.29, 0.717) is 0 Å². The number of aromatic nitrogens is 3. The molecule has 0 saturated heterocycles. The van der Waals surface area contributed by atoms with E-state index in [2.05, 4.69) is 20.5 Å². The lowest BCUT2D eigenvalue weighted by atomic mass is 10.1. The predicted molar refractivity (Wildman–Crippen MR) is 72.2 cm³/mol. The van der Waals surface area contributed by atoms with Crippen molar-refractivity contribution in [3.63, 3.8) is 0 Å². The molecule has 0 spiro atoms. The van der Waals surface area contributed by atoms with Gasteiger partial charge >= 0.3 is 0 Å². The van der Waals surface area contributed by atoms with Crippen LogP contribution in [0.3, 0.4) is 0 Å². The number of hydrogen-bond acceptors (Lipinski definition) is 4. The number of nitrogens with zero attached hydrogens (tertiary/aromatic N) is 3. The zero-order valence-corrected chi connectivity index (χ0v) is 11.5. The van der Waals surface area contributed by atoms with Crippen molar-refractivity contribution >= 4 is 29.1 Å². The summed E-state index contributed by atoms with van der Waals surface area (Å²) in [4.78, 5) is 16.0. The Bertz CT molecular complexity index is 592. The largest absolute Gasteiger partial charge is 0.345 e. The van der Waals surface area contributed by atoms with Gasteiger partial charge in [0.1, 0.15) is 0 Å². The van der Waals surface area contributed by atoms with E-state index in [-0.39, 0.29) is 27.8 Å². The van der Waals surface area contributed by atoms with Crippen LogP contribution < -0.4 is 5.32 Å². The molecule has 0 aliphatic rings. The Morgan fingerprint density at radius 3 is 2.63 bits per heavy atom. The molecule has 1 N–H and O–H groups in total. The van der Waals surface area contributed by atoms with Crippen molar-refractivity contribution < 1.29 is 4.79 Å². The molecule has 0 aliphatic carbocycles. The van der Waals surface area contributed by atoms with Gasteiger partial charge in [0.15, 0.2) is 10.3 Å². The van der Waals surface area contributed by atoms with E-state index in [1.807, 2.05) is 19.1 Å². The summed E-state index contributed by atoms with van der Waals surface area (Å²) >= 11 is 11.5. The Morgan fingerprint density at radius 1 is 1.26 bits per heavy atom. The summed E-state index contributed by atoms with van der Waals surface area (Å²) in [7, 11) is 0. The maximum Gasteiger partial charge on any atom is 0.255 e. The van der Waals surface area contributed by atoms with E-state index in [0.717, 1.165) is 5.56 Å². The number of carbonyl (C=O) groups excluding carboxylic acids is 1. The van der Waals surface area contributed by atoms with Crippen LogP contribution >= 0.6 is 23.2 Å². The van der Waals surface area contributed by atoms with Crippen molar-refractivity contribution in [3.8, 4) is 0 Å². The minimum atomic E-state index is -0.355. The lowest BCUT2D eigenvalue weighted by molar-refractivity contribution is 0.0939. The predicted octanol–water partition coefficient (Wildman–Crippen LogP) is 2.67. The van der Waals surface area contributed by atoms with Crippen LogP contribution in [0, 0.1) is 0 Å². The summed E-state index contributed by atoms with van der Waals surface area (Å²) in [6.07, 6.45) is 3.33. The van der Waals surface area contributed by atoms with Crippen LogP contribution in [0.4, 0.5) is 0 Å². The van der Waals surface area contributed by atoms with Crippen LogP contribution in [0.5, 0.6) is 0 Å². The third kappa shape index (κ3) is 3.39. The molecule has 0 saturated carbocycles. The minimum absolute atomic E-state index is 0.0174. The quantitative estimate of drug-likeness (QED) is 0.945. The number of carbonyl (C=O) groups is 1. The monoisotopic (exact) mass is 296 g/mol. The molecule has 0 radical (unpaired) electrons. The maximum atomic E-state index is 12.1. The van der Waals surface area contributed by atoms with E-state index in [4.69, 9.17) is 23.2 Å². The van der Waals surface area contributed by atoms with Crippen LogP contribution in [0.25, 0.3) is 0 Å². The molecule has 5 nitrogen and oxygen atoms in total. The first-order valence-corrected chi connectivity index (χ1v) is 6.23. The van der Waals surface area contributed by atoms with Gasteiger partial charge in [-0.25, -0.2) is 0 Å². The molecule has 0 bridgehead atoms. The van der Waals surface area contributed by atoms with Gasteiger partial charge in [-0.15, -0.1) is 10.2 Å². The van der Waals surface area contributed by atoms with Crippen molar-refractivity contribution in [2.75, 3.05) is 0 Å². The smallest absolute Gasteiger partial charge is 0.255 e. The summed E-state index contributed by atoms with van der Waals surface area (Å²) in [5.41, 5.74) is 1.13. The Morgan fingerprint density at radius 2 is 1.95 bits per heavy atom. The van der Waals surface area contributed by atoms with Crippen LogP contribution in [0.1, 0.15) is 28.9 Å². The SMILES string of the molecule is CC(NC(=O)c1cc(Cl)nnc1Cl)c1ccncc1. The second-order valence-corrected chi connectivity index (χ2v) is 4.59. The molecule has 1 unspecified atom stereocenters. The molecule has 1 atom stereocenters. The van der Waals surface area contributed by atoms with Gasteiger partial charge in [-0.1, -0.05) is 23.2 Å². The van der Waals surface area contributed by atoms with Crippen LogP contribution in [0.2, 0.25) is 10.3 Å². The lowest BCUT2D eigenvalue weighted by Crippen LogP contribution is -2.27. The van der Waals surface area contributed by atoms with Gasteiger partial charge in [0, 0.05) is 12.4 Å². The highest BCUT2D eigenvalue weighted by Crippen LogP contribution is 2.17. The molecule has 0 aromatic carbocycles. The second-order valence-electron chi connectivity index (χ2n) is 3.85. The molecule has 0 aliphatic heterocycles. The second kappa shape index (κ2) is 5.95. The summed E-state index contributed by atoms with van der Waals surface area (Å²) < 4.78 is 0. The first-order chi connectivity index (χ1) is 9.08. The van der Waals surface area contributed by atoms with E-state index in [1.165, 1.54) is 6.07 Å². The molecule has 19 heavy (non-hydrogen) atoms. The highest BCUT2D eigenvalue weighted by atomic mass is 35.5. The van der Waals surface area contributed by atoms with Crippen molar-refractivity contribution in [2.45, 2.75) is 13.0 Å². The van der Waals surface area contributed by atoms with Crippen LogP contribution in [-0.2, 0) is 0 Å². The van der Waals surface area contributed by atoms with Crippen molar-refractivity contribution in [1.29, 1.82) is 0 Å². The van der Waals surface area contributed by atoms with Crippen molar-refractivity contribution in [3.05, 3.63) is 52.0 Å². The fourth-order valence-electron chi connectivity index (χ4n) is 1.52. The third-order valence-corrected chi connectivity index (χ3v) is 2.98. The van der Waals surface area contributed by atoms with Crippen LogP contribution in [-0.4, -0.2) is 21.1 Å². The molecule has 1 amide bonds. The summed E-state index contributed by atoms with van der Waals surface area (Å²) in [5.74, 6) is -0.355. The Balaban J connectivity index is 2.15. The Labute approximate surface area is 120 Å². The number of hydrogen-bond donors (Lipinski definition) is 1. The topological polar surface area (TPSA) is 67.8 Å². The zero-order valence-electron chi connectivity index (χ0n) is 9.97. The average molecular weight is 297 g/mol.